The van der Waals surface area contributed by atoms with Crippen LogP contribution in [0.2, 0.25) is 0 Å². The van der Waals surface area contributed by atoms with Crippen molar-refractivity contribution in [1.82, 2.24) is 10.3 Å². The van der Waals surface area contributed by atoms with Gasteiger partial charge in [-0.2, -0.15) is 0 Å². The average Bonchev–Trinajstić information content (AvgIpc) is 3.42. The maximum absolute atomic E-state index is 12.8. The number of nitrogens with one attached hydrogen (secondary N) is 1. The van der Waals surface area contributed by atoms with Crippen LogP contribution in [0, 0.1) is 5.92 Å². The molecule has 1 amide bonds. The summed E-state index contributed by atoms with van der Waals surface area (Å²) in [6.45, 7) is 1.53. The van der Waals surface area contributed by atoms with Gasteiger partial charge in [-0.1, -0.05) is 12.1 Å². The van der Waals surface area contributed by atoms with E-state index in [9.17, 15) is 4.79 Å². The summed E-state index contributed by atoms with van der Waals surface area (Å²) < 4.78 is 5.48. The van der Waals surface area contributed by atoms with E-state index in [-0.39, 0.29) is 11.9 Å². The number of thiazole rings is 1. The van der Waals surface area contributed by atoms with Crippen LogP contribution in [0.5, 0.6) is 0 Å². The van der Waals surface area contributed by atoms with Gasteiger partial charge in [0.25, 0.3) is 5.91 Å². The molecule has 0 spiro atoms. The highest BCUT2D eigenvalue weighted by atomic mass is 32.1. The molecule has 1 aliphatic rings. The average molecular weight is 391 g/mol. The maximum Gasteiger partial charge on any atom is 0.280 e. The monoisotopic (exact) mass is 390 g/mol. The molecule has 0 saturated carbocycles. The molecule has 1 saturated heterocycles. The summed E-state index contributed by atoms with van der Waals surface area (Å²) in [5, 5.41) is 9.79. The molecule has 1 aliphatic heterocycles. The topological polar surface area (TPSA) is 51.2 Å². The first-order valence-electron chi connectivity index (χ1n) is 8.22. The molecule has 0 unspecified atom stereocenters. The largest absolute Gasteiger partial charge is 0.381 e. The molecule has 4 heterocycles. The van der Waals surface area contributed by atoms with Gasteiger partial charge in [0.2, 0.25) is 0 Å². The molecule has 7 heteroatoms. The molecule has 0 aromatic carbocycles. The zero-order chi connectivity index (χ0) is 17.1. The third kappa shape index (κ3) is 3.84. The lowest BCUT2D eigenvalue weighted by Gasteiger charge is -2.30. The fourth-order valence-corrected chi connectivity index (χ4v) is 5.41. The van der Waals surface area contributed by atoms with Crippen molar-refractivity contribution in [2.24, 2.45) is 5.92 Å². The Bertz CT molecular complexity index is 805. The fourth-order valence-electron chi connectivity index (χ4n) is 3.06. The van der Waals surface area contributed by atoms with Gasteiger partial charge in [-0.15, -0.1) is 34.0 Å². The quantitative estimate of drug-likeness (QED) is 0.679. The molecular formula is C18H18N2O2S3. The SMILES string of the molecule is O=C(N[C@@H](c1cccs1)C1CCOCC1)c1nc(-c2cccs2)cs1. The summed E-state index contributed by atoms with van der Waals surface area (Å²) >= 11 is 4.73. The maximum atomic E-state index is 12.8. The van der Waals surface area contributed by atoms with Gasteiger partial charge in [0.1, 0.15) is 0 Å². The molecule has 1 atom stereocenters. The van der Waals surface area contributed by atoms with Crippen molar-refractivity contribution >= 4 is 39.9 Å². The summed E-state index contributed by atoms with van der Waals surface area (Å²) in [7, 11) is 0. The Labute approximate surface area is 158 Å². The number of hydrogen-bond acceptors (Lipinski definition) is 6. The molecule has 3 aromatic rings. The molecular weight excluding hydrogens is 372 g/mol. The zero-order valence-electron chi connectivity index (χ0n) is 13.5. The zero-order valence-corrected chi connectivity index (χ0v) is 16.0. The van der Waals surface area contributed by atoms with E-state index in [0.29, 0.717) is 10.9 Å². The Morgan fingerprint density at radius 1 is 1.16 bits per heavy atom. The van der Waals surface area contributed by atoms with Gasteiger partial charge < -0.3 is 10.1 Å². The van der Waals surface area contributed by atoms with Crippen molar-refractivity contribution < 1.29 is 9.53 Å². The molecule has 1 N–H and O–H groups in total. The standard InChI is InChI=1S/C18H18N2O2S3/c21-17(18-19-13(11-25-18)14-3-1-9-23-14)20-16(15-4-2-10-24-15)12-5-7-22-8-6-12/h1-4,9-12,16H,5-8H2,(H,20,21)/t16-/m1/s1. The van der Waals surface area contributed by atoms with E-state index in [1.807, 2.05) is 29.0 Å². The van der Waals surface area contributed by atoms with Gasteiger partial charge in [0, 0.05) is 23.5 Å². The van der Waals surface area contributed by atoms with Crippen molar-refractivity contribution in [3.63, 3.8) is 0 Å². The number of nitrogens with zero attached hydrogens (tertiary/aromatic N) is 1. The van der Waals surface area contributed by atoms with E-state index in [0.717, 1.165) is 36.6 Å². The molecule has 1 fully saturated rings. The molecule has 3 aromatic heterocycles. The van der Waals surface area contributed by atoms with Crippen LogP contribution in [-0.4, -0.2) is 24.1 Å². The number of thiophene rings is 2. The van der Waals surface area contributed by atoms with E-state index in [1.165, 1.54) is 16.2 Å². The summed E-state index contributed by atoms with van der Waals surface area (Å²) in [6, 6.07) is 8.20. The normalized spacial score (nSPS) is 16.6. The van der Waals surface area contributed by atoms with Gasteiger partial charge in [-0.3, -0.25) is 4.79 Å². The fraction of sp³-hybridized carbons (Fsp3) is 0.333. The first kappa shape index (κ1) is 16.9. The number of ether oxygens (including phenoxy) is 1. The van der Waals surface area contributed by atoms with E-state index in [4.69, 9.17) is 4.74 Å². The molecule has 4 nitrogen and oxygen atoms in total. The Hall–Kier alpha value is -1.54. The van der Waals surface area contributed by atoms with Gasteiger partial charge >= 0.3 is 0 Å². The second-order valence-electron chi connectivity index (χ2n) is 5.93. The van der Waals surface area contributed by atoms with Gasteiger partial charge in [0.15, 0.2) is 5.01 Å². The minimum Gasteiger partial charge on any atom is -0.381 e. The first-order chi connectivity index (χ1) is 12.3. The lowest BCUT2D eigenvalue weighted by atomic mass is 9.90. The highest BCUT2D eigenvalue weighted by molar-refractivity contribution is 7.15. The highest BCUT2D eigenvalue weighted by Crippen LogP contribution is 2.33. The molecule has 25 heavy (non-hydrogen) atoms. The van der Waals surface area contributed by atoms with Crippen LogP contribution >= 0.6 is 34.0 Å². The summed E-state index contributed by atoms with van der Waals surface area (Å²) in [5.74, 6) is 0.325. The van der Waals surface area contributed by atoms with Crippen LogP contribution in [0.3, 0.4) is 0 Å². The third-order valence-electron chi connectivity index (χ3n) is 4.35. The lowest BCUT2D eigenvalue weighted by molar-refractivity contribution is 0.0518. The predicted molar refractivity (Wildman–Crippen MR) is 103 cm³/mol. The highest BCUT2D eigenvalue weighted by Gasteiger charge is 2.28. The summed E-state index contributed by atoms with van der Waals surface area (Å²) in [5.41, 5.74) is 0.879. The summed E-state index contributed by atoms with van der Waals surface area (Å²) in [6.07, 6.45) is 1.95. The number of rotatable bonds is 5. The van der Waals surface area contributed by atoms with Crippen LogP contribution in [0.25, 0.3) is 10.6 Å². The molecule has 0 bridgehead atoms. The van der Waals surface area contributed by atoms with Gasteiger partial charge in [-0.05, 0) is 41.7 Å². The Morgan fingerprint density at radius 3 is 2.68 bits per heavy atom. The Kier molecular flexibility index (Phi) is 5.26. The number of carbonyl (C=O) groups is 1. The minimum absolute atomic E-state index is 0.0329. The van der Waals surface area contributed by atoms with E-state index >= 15 is 0 Å². The van der Waals surface area contributed by atoms with Crippen LogP contribution in [0.15, 0.2) is 40.4 Å². The number of amides is 1. The van der Waals surface area contributed by atoms with Gasteiger partial charge in [0.05, 0.1) is 16.6 Å². The molecule has 0 aliphatic carbocycles. The van der Waals surface area contributed by atoms with E-state index < -0.39 is 0 Å². The second kappa shape index (κ2) is 7.78. The predicted octanol–water partition coefficient (Wildman–Crippen LogP) is 4.83. The molecule has 0 radical (unpaired) electrons. The van der Waals surface area contributed by atoms with Crippen molar-refractivity contribution in [3.8, 4) is 10.6 Å². The van der Waals surface area contributed by atoms with Crippen LogP contribution in [0.1, 0.15) is 33.6 Å². The number of hydrogen-bond donors (Lipinski definition) is 1. The molecule has 4 rings (SSSR count). The lowest BCUT2D eigenvalue weighted by Crippen LogP contribution is -2.35. The third-order valence-corrected chi connectivity index (χ3v) is 7.03. The smallest absolute Gasteiger partial charge is 0.280 e. The van der Waals surface area contributed by atoms with Crippen LogP contribution in [0.4, 0.5) is 0 Å². The van der Waals surface area contributed by atoms with Crippen LogP contribution in [-0.2, 0) is 4.74 Å². The van der Waals surface area contributed by atoms with Crippen molar-refractivity contribution in [2.45, 2.75) is 18.9 Å². The number of aromatic nitrogens is 1. The van der Waals surface area contributed by atoms with E-state index in [2.05, 4.69) is 21.7 Å². The van der Waals surface area contributed by atoms with Crippen LogP contribution < -0.4 is 5.32 Å². The first-order valence-corrected chi connectivity index (χ1v) is 10.9. The Balaban J connectivity index is 1.52. The van der Waals surface area contributed by atoms with Gasteiger partial charge in [-0.25, -0.2) is 4.98 Å². The number of carbonyl (C=O) groups excluding carboxylic acids is 1. The summed E-state index contributed by atoms with van der Waals surface area (Å²) in [4.78, 5) is 19.6. The Morgan fingerprint density at radius 2 is 1.96 bits per heavy atom. The molecule has 130 valence electrons. The van der Waals surface area contributed by atoms with E-state index in [1.54, 1.807) is 22.7 Å². The van der Waals surface area contributed by atoms with Crippen molar-refractivity contribution in [2.75, 3.05) is 13.2 Å². The second-order valence-corrected chi connectivity index (χ2v) is 8.72. The van der Waals surface area contributed by atoms with Crippen molar-refractivity contribution in [1.29, 1.82) is 0 Å². The minimum atomic E-state index is -0.0855. The van der Waals surface area contributed by atoms with Crippen molar-refractivity contribution in [3.05, 3.63) is 50.3 Å².